The number of rotatable bonds is 2. The van der Waals surface area contributed by atoms with Crippen LogP contribution in [-0.4, -0.2) is 4.98 Å². The fourth-order valence-electron chi connectivity index (χ4n) is 1.77. The lowest BCUT2D eigenvalue weighted by molar-refractivity contribution is 0.599. The van der Waals surface area contributed by atoms with E-state index >= 15 is 0 Å². The lowest BCUT2D eigenvalue weighted by atomic mass is 9.99. The van der Waals surface area contributed by atoms with Gasteiger partial charge < -0.3 is 11.5 Å². The Hall–Kier alpha value is -1.46. The summed E-state index contributed by atoms with van der Waals surface area (Å²) in [5.41, 5.74) is 13.8. The number of aromatic nitrogens is 1. The van der Waals surface area contributed by atoms with Gasteiger partial charge >= 0.3 is 0 Å². The van der Waals surface area contributed by atoms with E-state index in [-0.39, 0.29) is 5.82 Å². The van der Waals surface area contributed by atoms with E-state index in [0.29, 0.717) is 16.9 Å². The molecule has 1 unspecified atom stereocenters. The van der Waals surface area contributed by atoms with E-state index in [4.69, 9.17) is 11.5 Å². The number of hydrogen-bond acceptors (Lipinski definition) is 3. The van der Waals surface area contributed by atoms with Gasteiger partial charge in [-0.2, -0.15) is 0 Å². The number of halogens is 2. The monoisotopic (exact) mass is 309 g/mol. The quantitative estimate of drug-likeness (QED) is 0.896. The molecule has 1 atom stereocenters. The summed E-state index contributed by atoms with van der Waals surface area (Å²) in [4.78, 5) is 4.04. The highest BCUT2D eigenvalue weighted by molar-refractivity contribution is 9.10. The van der Waals surface area contributed by atoms with Crippen molar-refractivity contribution in [3.05, 3.63) is 57.4 Å². The summed E-state index contributed by atoms with van der Waals surface area (Å²) in [6.07, 6.45) is 1.66. The largest absolute Gasteiger partial charge is 0.383 e. The van der Waals surface area contributed by atoms with E-state index in [2.05, 4.69) is 20.9 Å². The Morgan fingerprint density at radius 1 is 1.28 bits per heavy atom. The Morgan fingerprint density at radius 2 is 2.00 bits per heavy atom. The number of benzene rings is 1. The van der Waals surface area contributed by atoms with Crippen molar-refractivity contribution in [3.63, 3.8) is 0 Å². The third kappa shape index (κ3) is 2.52. The van der Waals surface area contributed by atoms with Crippen molar-refractivity contribution in [2.24, 2.45) is 5.73 Å². The number of anilines is 1. The molecule has 0 saturated carbocycles. The molecule has 0 amide bonds. The molecule has 0 spiro atoms. The average Bonchev–Trinajstić information content (AvgIpc) is 2.34. The summed E-state index contributed by atoms with van der Waals surface area (Å²) in [5, 5.41) is 0. The first-order chi connectivity index (χ1) is 8.49. The van der Waals surface area contributed by atoms with Gasteiger partial charge in [0.1, 0.15) is 11.6 Å². The molecule has 2 aromatic rings. The van der Waals surface area contributed by atoms with Crippen molar-refractivity contribution in [2.75, 3.05) is 5.73 Å². The molecule has 94 valence electrons. The van der Waals surface area contributed by atoms with Gasteiger partial charge in [-0.15, -0.1) is 0 Å². The molecule has 0 aliphatic carbocycles. The highest BCUT2D eigenvalue weighted by atomic mass is 79.9. The van der Waals surface area contributed by atoms with Gasteiger partial charge in [-0.1, -0.05) is 15.9 Å². The lowest BCUT2D eigenvalue weighted by Crippen LogP contribution is -2.16. The Kier molecular flexibility index (Phi) is 3.63. The van der Waals surface area contributed by atoms with Crippen molar-refractivity contribution >= 4 is 21.7 Å². The number of nitrogen functional groups attached to an aromatic ring is 1. The Labute approximate surface area is 113 Å². The molecule has 5 heteroatoms. The Morgan fingerprint density at radius 3 is 2.72 bits per heavy atom. The molecule has 3 nitrogen and oxygen atoms in total. The minimum absolute atomic E-state index is 0.326. The first-order valence-corrected chi connectivity index (χ1v) is 6.21. The van der Waals surface area contributed by atoms with Gasteiger partial charge in [-0.3, -0.25) is 0 Å². The molecule has 0 fully saturated rings. The minimum atomic E-state index is -0.630. The third-order valence-corrected chi connectivity index (χ3v) is 3.21. The van der Waals surface area contributed by atoms with Crippen LogP contribution in [0.3, 0.4) is 0 Å². The van der Waals surface area contributed by atoms with Gasteiger partial charge in [0.2, 0.25) is 0 Å². The molecule has 0 bridgehead atoms. The van der Waals surface area contributed by atoms with Gasteiger partial charge in [0.25, 0.3) is 0 Å². The molecular weight excluding hydrogens is 297 g/mol. The summed E-state index contributed by atoms with van der Waals surface area (Å²) >= 11 is 3.30. The third-order valence-electron chi connectivity index (χ3n) is 2.71. The number of nitrogens with two attached hydrogens (primary N) is 2. The lowest BCUT2D eigenvalue weighted by Gasteiger charge is -2.16. The van der Waals surface area contributed by atoms with Gasteiger partial charge in [0.05, 0.1) is 6.04 Å². The van der Waals surface area contributed by atoms with E-state index in [1.807, 2.05) is 13.0 Å². The van der Waals surface area contributed by atoms with Crippen LogP contribution in [-0.2, 0) is 0 Å². The van der Waals surface area contributed by atoms with E-state index in [1.54, 1.807) is 18.3 Å². The van der Waals surface area contributed by atoms with Crippen LogP contribution in [0.4, 0.5) is 10.2 Å². The summed E-state index contributed by atoms with van der Waals surface area (Å²) in [6.45, 7) is 1.89. The topological polar surface area (TPSA) is 64.9 Å². The molecule has 1 aromatic heterocycles. The van der Waals surface area contributed by atoms with Crippen LogP contribution in [0.25, 0.3) is 0 Å². The van der Waals surface area contributed by atoms with Crippen LogP contribution in [0.1, 0.15) is 22.7 Å². The normalized spacial score (nSPS) is 12.4. The van der Waals surface area contributed by atoms with Crippen molar-refractivity contribution in [1.29, 1.82) is 0 Å². The first-order valence-electron chi connectivity index (χ1n) is 5.41. The summed E-state index contributed by atoms with van der Waals surface area (Å²) < 4.78 is 14.5. The predicted molar refractivity (Wildman–Crippen MR) is 73.5 cm³/mol. The molecule has 1 heterocycles. The Bertz CT molecular complexity index is 535. The zero-order chi connectivity index (χ0) is 13.3. The smallest absolute Gasteiger partial charge is 0.128 e. The van der Waals surface area contributed by atoms with Crippen molar-refractivity contribution in [2.45, 2.75) is 13.0 Å². The molecule has 0 saturated heterocycles. The molecule has 4 N–H and O–H groups in total. The minimum Gasteiger partial charge on any atom is -0.383 e. The molecule has 0 aliphatic rings. The molecule has 18 heavy (non-hydrogen) atoms. The maximum atomic E-state index is 13.8. The standard InChI is InChI=1S/C13H13BrFN3/c1-7-4-10(13(17)18-6-7)12(16)9-5-8(14)2-3-11(9)15/h2-6,12H,16H2,1H3,(H2,17,18). The van der Waals surface area contributed by atoms with Crippen LogP contribution >= 0.6 is 15.9 Å². The van der Waals surface area contributed by atoms with Gasteiger partial charge in [-0.05, 0) is 36.8 Å². The fourth-order valence-corrected chi connectivity index (χ4v) is 2.15. The van der Waals surface area contributed by atoms with Crippen molar-refractivity contribution < 1.29 is 4.39 Å². The maximum Gasteiger partial charge on any atom is 0.128 e. The second kappa shape index (κ2) is 5.04. The van der Waals surface area contributed by atoms with Crippen LogP contribution in [0.5, 0.6) is 0 Å². The number of aryl methyl sites for hydroxylation is 1. The fraction of sp³-hybridized carbons (Fsp3) is 0.154. The summed E-state index contributed by atoms with van der Waals surface area (Å²) in [7, 11) is 0. The van der Waals surface area contributed by atoms with Crippen LogP contribution in [0, 0.1) is 12.7 Å². The van der Waals surface area contributed by atoms with E-state index < -0.39 is 6.04 Å². The average molecular weight is 310 g/mol. The number of hydrogen-bond donors (Lipinski definition) is 2. The molecular formula is C13H13BrFN3. The van der Waals surface area contributed by atoms with Gasteiger partial charge in [0.15, 0.2) is 0 Å². The van der Waals surface area contributed by atoms with Crippen molar-refractivity contribution in [1.82, 2.24) is 4.98 Å². The molecule has 0 aliphatic heterocycles. The number of nitrogens with zero attached hydrogens (tertiary/aromatic N) is 1. The van der Waals surface area contributed by atoms with Crippen molar-refractivity contribution in [3.8, 4) is 0 Å². The highest BCUT2D eigenvalue weighted by Crippen LogP contribution is 2.28. The van der Waals surface area contributed by atoms with Crippen LogP contribution < -0.4 is 11.5 Å². The summed E-state index contributed by atoms with van der Waals surface area (Å²) in [5.74, 6) is -0.0286. The predicted octanol–water partition coefficient (Wildman–Crippen LogP) is 2.92. The second-order valence-corrected chi connectivity index (χ2v) is 5.05. The zero-order valence-corrected chi connectivity index (χ0v) is 11.4. The molecule has 2 rings (SSSR count). The van der Waals surface area contributed by atoms with Crippen LogP contribution in [0.15, 0.2) is 34.9 Å². The number of pyridine rings is 1. The first kappa shape index (κ1) is 13.0. The second-order valence-electron chi connectivity index (χ2n) is 4.13. The van der Waals surface area contributed by atoms with Crippen LogP contribution in [0.2, 0.25) is 0 Å². The SMILES string of the molecule is Cc1cnc(N)c(C(N)c2cc(Br)ccc2F)c1. The molecule has 1 aromatic carbocycles. The Balaban J connectivity index is 2.50. The van der Waals surface area contributed by atoms with E-state index in [9.17, 15) is 4.39 Å². The molecule has 0 radical (unpaired) electrons. The zero-order valence-electron chi connectivity index (χ0n) is 9.82. The van der Waals surface area contributed by atoms with Gasteiger partial charge in [-0.25, -0.2) is 9.37 Å². The highest BCUT2D eigenvalue weighted by Gasteiger charge is 2.17. The summed E-state index contributed by atoms with van der Waals surface area (Å²) in [6, 6.07) is 5.85. The van der Waals surface area contributed by atoms with Gasteiger partial charge in [0, 0.05) is 21.8 Å². The maximum absolute atomic E-state index is 13.8. The van der Waals surface area contributed by atoms with E-state index in [0.717, 1.165) is 10.0 Å². The van der Waals surface area contributed by atoms with E-state index in [1.165, 1.54) is 6.07 Å².